The summed E-state index contributed by atoms with van der Waals surface area (Å²) in [6, 6.07) is 4.14. The van der Waals surface area contributed by atoms with Crippen molar-refractivity contribution in [3.63, 3.8) is 0 Å². The lowest BCUT2D eigenvalue weighted by atomic mass is 9.98. The van der Waals surface area contributed by atoms with E-state index in [9.17, 15) is 0 Å². The van der Waals surface area contributed by atoms with E-state index in [1.807, 2.05) is 19.9 Å². The van der Waals surface area contributed by atoms with Gasteiger partial charge in [-0.15, -0.1) is 0 Å². The molecule has 0 bridgehead atoms. The molecular formula is C13H16BrNO2. The van der Waals surface area contributed by atoms with E-state index in [1.165, 1.54) is 12.0 Å². The van der Waals surface area contributed by atoms with Crippen molar-refractivity contribution in [3.8, 4) is 11.5 Å². The van der Waals surface area contributed by atoms with Crippen molar-refractivity contribution in [1.29, 1.82) is 0 Å². The summed E-state index contributed by atoms with van der Waals surface area (Å²) in [6.07, 6.45) is 1.18. The largest absolute Gasteiger partial charge is 0.449 e. The lowest BCUT2D eigenvalue weighted by molar-refractivity contribution is -0.0431. The molecule has 1 unspecified atom stereocenters. The highest BCUT2D eigenvalue weighted by atomic mass is 79.9. The Morgan fingerprint density at radius 2 is 2.00 bits per heavy atom. The van der Waals surface area contributed by atoms with E-state index in [-0.39, 0.29) is 0 Å². The van der Waals surface area contributed by atoms with Gasteiger partial charge in [-0.2, -0.15) is 0 Å². The average molecular weight is 298 g/mol. The molecule has 4 heteroatoms. The van der Waals surface area contributed by atoms with Crippen molar-refractivity contribution in [3.05, 3.63) is 22.2 Å². The van der Waals surface area contributed by atoms with Crippen LogP contribution in [0.15, 0.2) is 16.6 Å². The first-order chi connectivity index (χ1) is 8.05. The Bertz CT molecular complexity index is 453. The SMILES string of the molecule is CC1(C)Oc2cc(Br)c(C3CCNC3)cc2O1. The molecule has 0 aliphatic carbocycles. The van der Waals surface area contributed by atoms with E-state index < -0.39 is 5.79 Å². The van der Waals surface area contributed by atoms with Crippen molar-refractivity contribution in [2.45, 2.75) is 32.0 Å². The minimum absolute atomic E-state index is 0.547. The van der Waals surface area contributed by atoms with Crippen LogP contribution < -0.4 is 14.8 Å². The number of ether oxygens (including phenoxy) is 2. The minimum Gasteiger partial charge on any atom is -0.449 e. The Kier molecular flexibility index (Phi) is 2.60. The Hall–Kier alpha value is -0.740. The Labute approximate surface area is 110 Å². The molecule has 0 spiro atoms. The van der Waals surface area contributed by atoms with Crippen molar-refractivity contribution >= 4 is 15.9 Å². The van der Waals surface area contributed by atoms with Gasteiger partial charge in [0.1, 0.15) is 0 Å². The van der Waals surface area contributed by atoms with E-state index in [0.29, 0.717) is 5.92 Å². The van der Waals surface area contributed by atoms with Gasteiger partial charge in [0.15, 0.2) is 11.5 Å². The van der Waals surface area contributed by atoms with E-state index in [2.05, 4.69) is 27.3 Å². The van der Waals surface area contributed by atoms with Crippen LogP contribution in [0, 0.1) is 0 Å². The molecule has 0 amide bonds. The lowest BCUT2D eigenvalue weighted by Crippen LogP contribution is -2.29. The summed E-state index contributed by atoms with van der Waals surface area (Å²) in [5.41, 5.74) is 1.31. The maximum Gasteiger partial charge on any atom is 0.246 e. The molecular weight excluding hydrogens is 282 g/mol. The predicted octanol–water partition coefficient (Wildman–Crippen LogP) is 3.03. The van der Waals surface area contributed by atoms with Crippen molar-refractivity contribution < 1.29 is 9.47 Å². The second-order valence-electron chi connectivity index (χ2n) is 5.11. The van der Waals surface area contributed by atoms with Gasteiger partial charge in [0.05, 0.1) is 0 Å². The van der Waals surface area contributed by atoms with Crippen LogP contribution in [0.1, 0.15) is 31.7 Å². The molecule has 1 N–H and O–H groups in total. The molecule has 1 aromatic rings. The molecule has 1 aromatic carbocycles. The highest BCUT2D eigenvalue weighted by Crippen LogP contribution is 2.44. The van der Waals surface area contributed by atoms with Gasteiger partial charge >= 0.3 is 0 Å². The maximum absolute atomic E-state index is 5.79. The van der Waals surface area contributed by atoms with Crippen LogP contribution in [0.25, 0.3) is 0 Å². The first-order valence-electron chi connectivity index (χ1n) is 5.97. The summed E-state index contributed by atoms with van der Waals surface area (Å²) in [5.74, 6) is 1.72. The standard InChI is InChI=1S/C13H16BrNO2/c1-13(2)16-11-5-9(8-3-4-15-7-8)10(14)6-12(11)17-13/h5-6,8,15H,3-4,7H2,1-2H3. The number of nitrogens with one attached hydrogen (secondary N) is 1. The lowest BCUT2D eigenvalue weighted by Gasteiger charge is -2.16. The molecule has 1 fully saturated rings. The molecule has 1 saturated heterocycles. The molecule has 3 nitrogen and oxygen atoms in total. The summed E-state index contributed by atoms with van der Waals surface area (Å²) in [6.45, 7) is 5.99. The van der Waals surface area contributed by atoms with Gasteiger partial charge in [-0.05, 0) is 36.6 Å². The first kappa shape index (κ1) is 11.4. The number of halogens is 1. The van der Waals surface area contributed by atoms with Crippen LogP contribution in [0.4, 0.5) is 0 Å². The third kappa shape index (κ3) is 2.04. The van der Waals surface area contributed by atoms with Gasteiger partial charge in [-0.1, -0.05) is 15.9 Å². The summed E-state index contributed by atoms with van der Waals surface area (Å²) >= 11 is 3.63. The fourth-order valence-corrected chi connectivity index (χ4v) is 3.14. The quantitative estimate of drug-likeness (QED) is 0.864. The monoisotopic (exact) mass is 297 g/mol. The molecule has 1 atom stereocenters. The third-order valence-electron chi connectivity index (χ3n) is 3.27. The Balaban J connectivity index is 1.97. The second kappa shape index (κ2) is 3.89. The Morgan fingerprint density at radius 3 is 2.65 bits per heavy atom. The van der Waals surface area contributed by atoms with E-state index >= 15 is 0 Å². The molecule has 0 saturated carbocycles. The third-order valence-corrected chi connectivity index (χ3v) is 3.96. The van der Waals surface area contributed by atoms with Crippen LogP contribution in [0.2, 0.25) is 0 Å². The summed E-state index contributed by atoms with van der Waals surface area (Å²) in [4.78, 5) is 0. The number of fused-ring (bicyclic) bond motifs is 1. The molecule has 3 rings (SSSR count). The Morgan fingerprint density at radius 1 is 1.29 bits per heavy atom. The topological polar surface area (TPSA) is 30.5 Å². The predicted molar refractivity (Wildman–Crippen MR) is 69.7 cm³/mol. The highest BCUT2D eigenvalue weighted by Gasteiger charge is 2.33. The zero-order chi connectivity index (χ0) is 12.0. The van der Waals surface area contributed by atoms with Gasteiger partial charge in [0.2, 0.25) is 5.79 Å². The van der Waals surface area contributed by atoms with Gasteiger partial charge in [-0.25, -0.2) is 0 Å². The van der Waals surface area contributed by atoms with Gasteiger partial charge in [0.25, 0.3) is 0 Å². The van der Waals surface area contributed by atoms with Crippen LogP contribution in [-0.4, -0.2) is 18.9 Å². The number of hydrogen-bond acceptors (Lipinski definition) is 3. The maximum atomic E-state index is 5.79. The molecule has 0 radical (unpaired) electrons. The van der Waals surface area contributed by atoms with Gasteiger partial charge in [-0.3, -0.25) is 0 Å². The molecule has 2 heterocycles. The molecule has 92 valence electrons. The summed E-state index contributed by atoms with van der Waals surface area (Å²) < 4.78 is 12.6. The minimum atomic E-state index is -0.547. The number of rotatable bonds is 1. The zero-order valence-corrected chi connectivity index (χ0v) is 11.6. The number of benzene rings is 1. The first-order valence-corrected chi connectivity index (χ1v) is 6.77. The highest BCUT2D eigenvalue weighted by molar-refractivity contribution is 9.10. The van der Waals surface area contributed by atoms with Crippen molar-refractivity contribution in [1.82, 2.24) is 5.32 Å². The van der Waals surface area contributed by atoms with E-state index in [4.69, 9.17) is 9.47 Å². The van der Waals surface area contributed by atoms with Gasteiger partial charge in [0, 0.05) is 24.9 Å². The fraction of sp³-hybridized carbons (Fsp3) is 0.538. The van der Waals surface area contributed by atoms with Crippen molar-refractivity contribution in [2.24, 2.45) is 0 Å². The zero-order valence-electron chi connectivity index (χ0n) is 10.0. The fourth-order valence-electron chi connectivity index (χ4n) is 2.49. The number of hydrogen-bond donors (Lipinski definition) is 1. The average Bonchev–Trinajstić information content (AvgIpc) is 2.81. The van der Waals surface area contributed by atoms with Gasteiger partial charge < -0.3 is 14.8 Å². The van der Waals surface area contributed by atoms with E-state index in [1.54, 1.807) is 0 Å². The summed E-state index contributed by atoms with van der Waals surface area (Å²) in [7, 11) is 0. The molecule has 2 aliphatic heterocycles. The van der Waals surface area contributed by atoms with Crippen LogP contribution >= 0.6 is 15.9 Å². The van der Waals surface area contributed by atoms with E-state index in [0.717, 1.165) is 29.1 Å². The molecule has 2 aliphatic rings. The second-order valence-corrected chi connectivity index (χ2v) is 5.97. The van der Waals surface area contributed by atoms with Crippen LogP contribution in [0.5, 0.6) is 11.5 Å². The van der Waals surface area contributed by atoms with Crippen LogP contribution in [-0.2, 0) is 0 Å². The van der Waals surface area contributed by atoms with Crippen molar-refractivity contribution in [2.75, 3.05) is 13.1 Å². The smallest absolute Gasteiger partial charge is 0.246 e. The molecule has 0 aromatic heterocycles. The van der Waals surface area contributed by atoms with Crippen LogP contribution in [0.3, 0.4) is 0 Å². The molecule has 17 heavy (non-hydrogen) atoms. The summed E-state index contributed by atoms with van der Waals surface area (Å²) in [5, 5.41) is 3.39. The normalized spacial score (nSPS) is 25.2.